The Hall–Kier alpha value is -3.12. The minimum Gasteiger partial charge on any atom is -0.438 e. The number of amides is 2. The Balaban J connectivity index is 1.59. The second kappa shape index (κ2) is 7.84. The maximum absolute atomic E-state index is 12.1. The minimum atomic E-state index is -0.381. The van der Waals surface area contributed by atoms with Gasteiger partial charge >= 0.3 is 6.03 Å². The van der Waals surface area contributed by atoms with E-state index >= 15 is 0 Å². The molecule has 0 aliphatic heterocycles. The van der Waals surface area contributed by atoms with Crippen molar-refractivity contribution in [3.05, 3.63) is 70.9 Å². The molecule has 0 fully saturated rings. The lowest BCUT2D eigenvalue weighted by Gasteiger charge is -2.10. The number of carbonyl (C=O) groups is 1. The zero-order valence-electron chi connectivity index (χ0n) is 14.3. The highest BCUT2D eigenvalue weighted by Crippen LogP contribution is 2.24. The minimum absolute atomic E-state index is 0.381. The number of carbonyl (C=O) groups excluding carboxylic acids is 1. The SMILES string of the molecule is Cc1ccc(NC(=O)Nc2ccc(Oc3ccc(C)nn3)cc2)c(Cl)c1. The largest absolute Gasteiger partial charge is 0.438 e. The van der Waals surface area contributed by atoms with E-state index < -0.39 is 0 Å². The number of hydrogen-bond donors (Lipinski definition) is 2. The highest BCUT2D eigenvalue weighted by Gasteiger charge is 2.07. The van der Waals surface area contributed by atoms with Crippen molar-refractivity contribution in [3.8, 4) is 11.6 Å². The molecule has 0 aliphatic rings. The highest BCUT2D eigenvalue weighted by molar-refractivity contribution is 6.33. The summed E-state index contributed by atoms with van der Waals surface area (Å²) in [4.78, 5) is 12.1. The average molecular weight is 369 g/mol. The van der Waals surface area contributed by atoms with Crippen LogP contribution in [-0.4, -0.2) is 16.2 Å². The Morgan fingerprint density at radius 2 is 1.73 bits per heavy atom. The number of rotatable bonds is 4. The summed E-state index contributed by atoms with van der Waals surface area (Å²) < 4.78 is 5.60. The molecule has 7 heteroatoms. The molecular weight excluding hydrogens is 352 g/mol. The standard InChI is InChI=1S/C19H17ClN4O2/c1-12-3-9-17(16(20)11-12)22-19(25)21-14-5-7-15(8-6-14)26-18-10-4-13(2)23-24-18/h3-11H,1-2H3,(H2,21,22,25). The van der Waals surface area contributed by atoms with Gasteiger partial charge < -0.3 is 15.4 Å². The van der Waals surface area contributed by atoms with Gasteiger partial charge in [0.25, 0.3) is 0 Å². The predicted octanol–water partition coefficient (Wildman–Crippen LogP) is 5.18. The van der Waals surface area contributed by atoms with Crippen LogP contribution in [0.1, 0.15) is 11.3 Å². The Morgan fingerprint density at radius 1 is 0.962 bits per heavy atom. The Labute approximate surface area is 156 Å². The van der Waals surface area contributed by atoms with E-state index in [0.717, 1.165) is 11.3 Å². The normalized spacial score (nSPS) is 10.3. The molecular formula is C19H17ClN4O2. The summed E-state index contributed by atoms with van der Waals surface area (Å²) >= 11 is 6.11. The van der Waals surface area contributed by atoms with Crippen LogP contribution in [0.2, 0.25) is 5.02 Å². The molecule has 0 atom stereocenters. The molecule has 2 aromatic carbocycles. The number of anilines is 2. The van der Waals surface area contributed by atoms with Crippen LogP contribution in [0.4, 0.5) is 16.2 Å². The van der Waals surface area contributed by atoms with Gasteiger partial charge in [0.1, 0.15) is 5.75 Å². The van der Waals surface area contributed by atoms with Gasteiger partial charge in [0.2, 0.25) is 5.88 Å². The van der Waals surface area contributed by atoms with Crippen molar-refractivity contribution in [2.45, 2.75) is 13.8 Å². The number of urea groups is 1. The van der Waals surface area contributed by atoms with E-state index in [-0.39, 0.29) is 6.03 Å². The third-order valence-electron chi connectivity index (χ3n) is 3.48. The number of nitrogens with zero attached hydrogens (tertiary/aromatic N) is 2. The molecule has 1 heterocycles. The van der Waals surface area contributed by atoms with E-state index in [1.165, 1.54) is 0 Å². The van der Waals surface area contributed by atoms with Crippen molar-refractivity contribution in [2.75, 3.05) is 10.6 Å². The van der Waals surface area contributed by atoms with Crippen LogP contribution >= 0.6 is 11.6 Å². The van der Waals surface area contributed by atoms with Gasteiger partial charge in [-0.15, -0.1) is 5.10 Å². The van der Waals surface area contributed by atoms with Gasteiger partial charge in [-0.3, -0.25) is 0 Å². The maximum atomic E-state index is 12.1. The van der Waals surface area contributed by atoms with E-state index in [1.807, 2.05) is 26.0 Å². The summed E-state index contributed by atoms with van der Waals surface area (Å²) in [5.41, 5.74) is 3.01. The monoisotopic (exact) mass is 368 g/mol. The van der Waals surface area contributed by atoms with Gasteiger partial charge in [0.05, 0.1) is 16.4 Å². The molecule has 0 bridgehead atoms. The maximum Gasteiger partial charge on any atom is 0.323 e. The fourth-order valence-electron chi connectivity index (χ4n) is 2.17. The zero-order chi connectivity index (χ0) is 18.5. The Morgan fingerprint density at radius 3 is 2.38 bits per heavy atom. The second-order valence-corrected chi connectivity index (χ2v) is 6.11. The Kier molecular flexibility index (Phi) is 5.34. The number of aromatic nitrogens is 2. The van der Waals surface area contributed by atoms with E-state index in [9.17, 15) is 4.79 Å². The second-order valence-electron chi connectivity index (χ2n) is 5.70. The number of benzene rings is 2. The molecule has 0 radical (unpaired) electrons. The Bertz CT molecular complexity index is 912. The number of aryl methyl sites for hydroxylation is 2. The first-order chi connectivity index (χ1) is 12.5. The van der Waals surface area contributed by atoms with Crippen LogP contribution in [0.3, 0.4) is 0 Å². The lowest BCUT2D eigenvalue weighted by Crippen LogP contribution is -2.19. The zero-order valence-corrected chi connectivity index (χ0v) is 15.0. The van der Waals surface area contributed by atoms with Crippen molar-refractivity contribution in [3.63, 3.8) is 0 Å². The quantitative estimate of drug-likeness (QED) is 0.665. The molecule has 3 aromatic rings. The molecule has 0 aliphatic carbocycles. The fourth-order valence-corrected chi connectivity index (χ4v) is 2.46. The number of halogens is 1. The summed E-state index contributed by atoms with van der Waals surface area (Å²) in [5, 5.41) is 13.8. The lowest BCUT2D eigenvalue weighted by molar-refractivity contribution is 0.262. The van der Waals surface area contributed by atoms with Crippen LogP contribution in [-0.2, 0) is 0 Å². The summed E-state index contributed by atoms with van der Waals surface area (Å²) in [6.45, 7) is 3.79. The van der Waals surface area contributed by atoms with Crippen molar-refractivity contribution >= 4 is 29.0 Å². The van der Waals surface area contributed by atoms with Crippen molar-refractivity contribution in [1.29, 1.82) is 0 Å². The van der Waals surface area contributed by atoms with Crippen LogP contribution in [0.25, 0.3) is 0 Å². The number of nitrogens with one attached hydrogen (secondary N) is 2. The fraction of sp³-hybridized carbons (Fsp3) is 0.105. The molecule has 1 aromatic heterocycles. The average Bonchev–Trinajstić information content (AvgIpc) is 2.61. The van der Waals surface area contributed by atoms with Gasteiger partial charge in [-0.25, -0.2) is 4.79 Å². The molecule has 0 unspecified atom stereocenters. The lowest BCUT2D eigenvalue weighted by atomic mass is 10.2. The van der Waals surface area contributed by atoms with Gasteiger partial charge in [0.15, 0.2) is 0 Å². The molecule has 26 heavy (non-hydrogen) atoms. The van der Waals surface area contributed by atoms with Crippen molar-refractivity contribution in [1.82, 2.24) is 10.2 Å². The van der Waals surface area contributed by atoms with Gasteiger partial charge in [0, 0.05) is 11.8 Å². The molecule has 2 N–H and O–H groups in total. The van der Waals surface area contributed by atoms with Crippen LogP contribution in [0.5, 0.6) is 11.6 Å². The summed E-state index contributed by atoms with van der Waals surface area (Å²) in [7, 11) is 0. The molecule has 132 valence electrons. The highest BCUT2D eigenvalue weighted by atomic mass is 35.5. The van der Waals surface area contributed by atoms with Gasteiger partial charge in [-0.05, 0) is 61.9 Å². The van der Waals surface area contributed by atoms with Crippen LogP contribution in [0, 0.1) is 13.8 Å². The molecule has 0 saturated carbocycles. The number of hydrogen-bond acceptors (Lipinski definition) is 4. The van der Waals surface area contributed by atoms with Crippen LogP contribution in [0.15, 0.2) is 54.6 Å². The topological polar surface area (TPSA) is 76.1 Å². The molecule has 0 spiro atoms. The van der Waals surface area contributed by atoms with E-state index in [1.54, 1.807) is 42.5 Å². The van der Waals surface area contributed by atoms with Crippen molar-refractivity contribution in [2.24, 2.45) is 0 Å². The summed E-state index contributed by atoms with van der Waals surface area (Å²) in [6, 6.07) is 15.5. The summed E-state index contributed by atoms with van der Waals surface area (Å²) in [5.74, 6) is 0.999. The number of ether oxygens (including phenoxy) is 1. The predicted molar refractivity (Wildman–Crippen MR) is 102 cm³/mol. The molecule has 2 amide bonds. The van der Waals surface area contributed by atoms with E-state index in [4.69, 9.17) is 16.3 Å². The first-order valence-corrected chi connectivity index (χ1v) is 8.30. The van der Waals surface area contributed by atoms with Gasteiger partial charge in [-0.1, -0.05) is 17.7 Å². The van der Waals surface area contributed by atoms with E-state index in [0.29, 0.717) is 28.0 Å². The smallest absolute Gasteiger partial charge is 0.323 e. The van der Waals surface area contributed by atoms with Crippen molar-refractivity contribution < 1.29 is 9.53 Å². The molecule has 0 saturated heterocycles. The third-order valence-corrected chi connectivity index (χ3v) is 3.79. The molecule has 6 nitrogen and oxygen atoms in total. The van der Waals surface area contributed by atoms with Gasteiger partial charge in [-0.2, -0.15) is 5.10 Å². The third kappa shape index (κ3) is 4.70. The first kappa shape index (κ1) is 17.7. The summed E-state index contributed by atoms with van der Waals surface area (Å²) in [6.07, 6.45) is 0. The first-order valence-electron chi connectivity index (χ1n) is 7.92. The van der Waals surface area contributed by atoms with E-state index in [2.05, 4.69) is 20.8 Å². The van der Waals surface area contributed by atoms with Crippen LogP contribution < -0.4 is 15.4 Å². The molecule has 3 rings (SSSR count).